The maximum Gasteiger partial charge on any atom is 0.264 e. The summed E-state index contributed by atoms with van der Waals surface area (Å²) in [6.07, 6.45) is 5.28. The van der Waals surface area contributed by atoms with E-state index in [2.05, 4.69) is 45.7 Å². The predicted octanol–water partition coefficient (Wildman–Crippen LogP) is 4.35. The van der Waals surface area contributed by atoms with Gasteiger partial charge in [-0.2, -0.15) is 0 Å². The molecule has 174 valence electrons. The van der Waals surface area contributed by atoms with E-state index in [1.165, 1.54) is 30.6 Å². The lowest BCUT2D eigenvalue weighted by Gasteiger charge is -2.36. The largest absolute Gasteiger partial charge is 0.497 e. The Bertz CT molecular complexity index is 1140. The van der Waals surface area contributed by atoms with Crippen LogP contribution in [0.2, 0.25) is 0 Å². The summed E-state index contributed by atoms with van der Waals surface area (Å²) in [6, 6.07) is 8.58. The molecule has 5 rings (SSSR count). The molecule has 3 aromatic rings. The van der Waals surface area contributed by atoms with Crippen LogP contribution in [0.3, 0.4) is 0 Å². The summed E-state index contributed by atoms with van der Waals surface area (Å²) in [7, 11) is 1.68. The maximum absolute atomic E-state index is 13.5. The van der Waals surface area contributed by atoms with Crippen molar-refractivity contribution < 1.29 is 9.53 Å². The maximum atomic E-state index is 13.5. The van der Waals surface area contributed by atoms with E-state index in [1.807, 2.05) is 17.0 Å². The summed E-state index contributed by atoms with van der Waals surface area (Å²) in [6.45, 7) is 8.39. The minimum absolute atomic E-state index is 0.113. The minimum atomic E-state index is 0.113. The zero-order chi connectivity index (χ0) is 22.9. The highest BCUT2D eigenvalue weighted by Gasteiger charge is 2.29. The Labute approximate surface area is 199 Å². The molecule has 0 N–H and O–H groups in total. The van der Waals surface area contributed by atoms with Crippen LogP contribution >= 0.6 is 11.3 Å². The summed E-state index contributed by atoms with van der Waals surface area (Å²) in [4.78, 5) is 31.1. The number of thiophene rings is 1. The standard InChI is InChI=1S/C25H31N5O2S/c1-17-6-4-5-11-30(17)23-21-18(2)22(33-24(21)27-16-26-23)25(31)29-14-12-28(13-15-29)19-7-9-20(32-3)10-8-19/h7-10,16-17H,4-6,11-15H2,1-3H3. The van der Waals surface area contributed by atoms with Crippen LogP contribution in [0, 0.1) is 6.92 Å². The molecule has 4 heterocycles. The fourth-order valence-electron chi connectivity index (χ4n) is 4.99. The van der Waals surface area contributed by atoms with Crippen molar-refractivity contribution in [3.63, 3.8) is 0 Å². The van der Waals surface area contributed by atoms with Crippen LogP contribution in [0.25, 0.3) is 10.2 Å². The number of aromatic nitrogens is 2. The Kier molecular flexibility index (Phi) is 6.10. The van der Waals surface area contributed by atoms with E-state index >= 15 is 0 Å². The number of benzene rings is 1. The number of carbonyl (C=O) groups is 1. The highest BCUT2D eigenvalue weighted by Crippen LogP contribution is 2.37. The Morgan fingerprint density at radius 2 is 1.82 bits per heavy atom. The Morgan fingerprint density at radius 1 is 1.06 bits per heavy atom. The second kappa shape index (κ2) is 9.17. The molecule has 0 spiro atoms. The molecule has 1 atom stereocenters. The first-order valence-electron chi connectivity index (χ1n) is 11.8. The van der Waals surface area contributed by atoms with Gasteiger partial charge in [0.1, 0.15) is 22.7 Å². The third-order valence-electron chi connectivity index (χ3n) is 6.98. The number of rotatable bonds is 4. The number of anilines is 2. The smallest absolute Gasteiger partial charge is 0.264 e. The average Bonchev–Trinajstić information content (AvgIpc) is 3.21. The molecule has 33 heavy (non-hydrogen) atoms. The van der Waals surface area contributed by atoms with Gasteiger partial charge in [0.2, 0.25) is 0 Å². The molecule has 2 aromatic heterocycles. The van der Waals surface area contributed by atoms with E-state index in [9.17, 15) is 4.79 Å². The van der Waals surface area contributed by atoms with Crippen molar-refractivity contribution in [1.29, 1.82) is 0 Å². The number of piperidine rings is 1. The van der Waals surface area contributed by atoms with Gasteiger partial charge in [-0.15, -0.1) is 11.3 Å². The molecule has 1 unspecified atom stereocenters. The summed E-state index contributed by atoms with van der Waals surface area (Å²) in [5, 5.41) is 1.05. The quantitative estimate of drug-likeness (QED) is 0.571. The van der Waals surface area contributed by atoms with Crippen LogP contribution in [-0.2, 0) is 0 Å². The van der Waals surface area contributed by atoms with Gasteiger partial charge in [0.25, 0.3) is 5.91 Å². The van der Waals surface area contributed by atoms with E-state index in [1.54, 1.807) is 13.4 Å². The highest BCUT2D eigenvalue weighted by molar-refractivity contribution is 7.20. The first-order chi connectivity index (χ1) is 16.1. The fraction of sp³-hybridized carbons (Fsp3) is 0.480. The van der Waals surface area contributed by atoms with Crippen molar-refractivity contribution in [3.8, 4) is 5.75 Å². The van der Waals surface area contributed by atoms with Gasteiger partial charge < -0.3 is 19.4 Å². The van der Waals surface area contributed by atoms with Crippen LogP contribution < -0.4 is 14.5 Å². The zero-order valence-electron chi connectivity index (χ0n) is 19.6. The first kappa shape index (κ1) is 21.9. The van der Waals surface area contributed by atoms with Gasteiger partial charge >= 0.3 is 0 Å². The van der Waals surface area contributed by atoms with Crippen LogP contribution in [-0.4, -0.2) is 66.7 Å². The van der Waals surface area contributed by atoms with E-state index in [-0.39, 0.29) is 5.91 Å². The van der Waals surface area contributed by atoms with Crippen molar-refractivity contribution >= 4 is 39.0 Å². The number of hydrogen-bond donors (Lipinski definition) is 0. The van der Waals surface area contributed by atoms with Gasteiger partial charge in [-0.05, 0) is 62.9 Å². The molecule has 2 aliphatic rings. The SMILES string of the molecule is COc1ccc(N2CCN(C(=O)c3sc4ncnc(N5CCCCC5C)c4c3C)CC2)cc1. The third-order valence-corrected chi connectivity index (χ3v) is 8.17. The van der Waals surface area contributed by atoms with Crippen molar-refractivity contribution in [3.05, 3.63) is 41.0 Å². The lowest BCUT2D eigenvalue weighted by atomic mass is 10.0. The Balaban J connectivity index is 1.35. The van der Waals surface area contributed by atoms with Gasteiger partial charge in [-0.25, -0.2) is 9.97 Å². The second-order valence-corrected chi connectivity index (χ2v) is 9.95. The summed E-state index contributed by atoms with van der Waals surface area (Å²) >= 11 is 1.51. The third kappa shape index (κ3) is 4.12. The van der Waals surface area contributed by atoms with Gasteiger partial charge in [-0.3, -0.25) is 4.79 Å². The highest BCUT2D eigenvalue weighted by atomic mass is 32.1. The topological polar surface area (TPSA) is 61.8 Å². The molecule has 1 aromatic carbocycles. The lowest BCUT2D eigenvalue weighted by Crippen LogP contribution is -2.48. The number of carbonyl (C=O) groups excluding carboxylic acids is 1. The number of nitrogens with zero attached hydrogens (tertiary/aromatic N) is 5. The molecule has 0 radical (unpaired) electrons. The molecule has 8 heteroatoms. The lowest BCUT2D eigenvalue weighted by molar-refractivity contribution is 0.0751. The molecule has 2 saturated heterocycles. The summed E-state index contributed by atoms with van der Waals surface area (Å²) < 4.78 is 5.26. The minimum Gasteiger partial charge on any atom is -0.497 e. The number of aryl methyl sites for hydroxylation is 1. The van der Waals surface area contributed by atoms with E-state index in [4.69, 9.17) is 4.74 Å². The second-order valence-electron chi connectivity index (χ2n) is 8.95. The zero-order valence-corrected chi connectivity index (χ0v) is 20.4. The number of ether oxygens (including phenoxy) is 1. The van der Waals surface area contributed by atoms with Crippen molar-refractivity contribution in [2.75, 3.05) is 49.6 Å². The molecule has 0 bridgehead atoms. The number of methoxy groups -OCH3 is 1. The molecule has 2 aliphatic heterocycles. The number of piperazine rings is 1. The fourth-order valence-corrected chi connectivity index (χ4v) is 6.10. The van der Waals surface area contributed by atoms with Gasteiger partial charge in [0, 0.05) is 44.5 Å². The summed E-state index contributed by atoms with van der Waals surface area (Å²) in [5.74, 6) is 1.96. The van der Waals surface area contributed by atoms with Crippen LogP contribution in [0.4, 0.5) is 11.5 Å². The normalized spacial score (nSPS) is 19.2. The summed E-state index contributed by atoms with van der Waals surface area (Å²) in [5.41, 5.74) is 2.18. The predicted molar refractivity (Wildman–Crippen MR) is 134 cm³/mol. The van der Waals surface area contributed by atoms with Gasteiger partial charge in [0.05, 0.1) is 17.4 Å². The first-order valence-corrected chi connectivity index (χ1v) is 12.6. The Morgan fingerprint density at radius 3 is 2.52 bits per heavy atom. The molecule has 2 fully saturated rings. The van der Waals surface area contributed by atoms with Crippen molar-refractivity contribution in [1.82, 2.24) is 14.9 Å². The van der Waals surface area contributed by atoms with Crippen molar-refractivity contribution in [2.24, 2.45) is 0 Å². The van der Waals surface area contributed by atoms with Crippen LogP contribution in [0.15, 0.2) is 30.6 Å². The van der Waals surface area contributed by atoms with Gasteiger partial charge in [0.15, 0.2) is 0 Å². The number of fused-ring (bicyclic) bond motifs is 1. The average molecular weight is 466 g/mol. The molecule has 0 saturated carbocycles. The monoisotopic (exact) mass is 465 g/mol. The molecular weight excluding hydrogens is 434 g/mol. The molecule has 7 nitrogen and oxygen atoms in total. The molecule has 1 amide bonds. The Hall–Kier alpha value is -2.87. The van der Waals surface area contributed by atoms with Crippen molar-refractivity contribution in [2.45, 2.75) is 39.2 Å². The van der Waals surface area contributed by atoms with Crippen LogP contribution in [0.5, 0.6) is 5.75 Å². The van der Waals surface area contributed by atoms with Gasteiger partial charge in [-0.1, -0.05) is 0 Å². The van der Waals surface area contributed by atoms with Crippen LogP contribution in [0.1, 0.15) is 41.4 Å². The number of amides is 1. The number of hydrogen-bond acceptors (Lipinski definition) is 7. The van der Waals surface area contributed by atoms with E-state index in [0.717, 1.165) is 57.5 Å². The van der Waals surface area contributed by atoms with E-state index in [0.29, 0.717) is 19.1 Å². The molecule has 0 aliphatic carbocycles. The molecular formula is C25H31N5O2S. The van der Waals surface area contributed by atoms with E-state index < -0.39 is 0 Å².